The van der Waals surface area contributed by atoms with Crippen LogP contribution in [-0.4, -0.2) is 10.3 Å². The van der Waals surface area contributed by atoms with E-state index in [0.29, 0.717) is 5.76 Å². The summed E-state index contributed by atoms with van der Waals surface area (Å²) in [5.74, 6) is 0.463. The van der Waals surface area contributed by atoms with Gasteiger partial charge >= 0.3 is 0 Å². The van der Waals surface area contributed by atoms with Gasteiger partial charge in [0, 0.05) is 6.07 Å². The van der Waals surface area contributed by atoms with Gasteiger partial charge in [0.15, 0.2) is 5.76 Å². The molecule has 0 saturated carbocycles. The first kappa shape index (κ1) is 6.86. The molecule has 1 aromatic rings. The Labute approximate surface area is 59.0 Å². The number of hydrogen-bond donors (Lipinski definition) is 1. The zero-order valence-electron chi connectivity index (χ0n) is 5.79. The van der Waals surface area contributed by atoms with Crippen LogP contribution < -0.4 is 0 Å². The summed E-state index contributed by atoms with van der Waals surface area (Å²) >= 11 is 0. The largest absolute Gasteiger partial charge is 0.491 e. The van der Waals surface area contributed by atoms with Crippen LogP contribution in [-0.2, 0) is 0 Å². The second kappa shape index (κ2) is 2.56. The molecule has 3 heteroatoms. The van der Waals surface area contributed by atoms with E-state index < -0.39 is 0 Å². The van der Waals surface area contributed by atoms with Gasteiger partial charge in [0.2, 0.25) is 0 Å². The zero-order valence-corrected chi connectivity index (χ0v) is 5.79. The minimum Gasteiger partial charge on any atom is -0.491 e. The van der Waals surface area contributed by atoms with Crippen LogP contribution in [0.1, 0.15) is 19.1 Å². The van der Waals surface area contributed by atoms with Crippen molar-refractivity contribution in [2.75, 3.05) is 0 Å². The van der Waals surface area contributed by atoms with E-state index in [9.17, 15) is 0 Å². The molecule has 0 aromatic carbocycles. The molecule has 1 aromatic heterocycles. The third-order valence-electron chi connectivity index (χ3n) is 1.27. The van der Waals surface area contributed by atoms with Crippen molar-refractivity contribution in [2.45, 2.75) is 13.3 Å². The first-order valence-electron chi connectivity index (χ1n) is 3.08. The first-order chi connectivity index (χ1) is 4.74. The number of hydrogen-bond acceptors (Lipinski definition) is 3. The summed E-state index contributed by atoms with van der Waals surface area (Å²) in [6.07, 6.45) is 0.800. The van der Waals surface area contributed by atoms with Gasteiger partial charge < -0.3 is 9.63 Å². The average molecular weight is 139 g/mol. The average Bonchev–Trinajstić information content (AvgIpc) is 2.34. The van der Waals surface area contributed by atoms with E-state index in [1.165, 1.54) is 6.07 Å². The molecule has 0 aliphatic rings. The van der Waals surface area contributed by atoms with Crippen molar-refractivity contribution in [3.8, 4) is 5.88 Å². The summed E-state index contributed by atoms with van der Waals surface area (Å²) < 4.78 is 4.72. The highest BCUT2D eigenvalue weighted by molar-refractivity contribution is 5.58. The van der Waals surface area contributed by atoms with Gasteiger partial charge in [0.1, 0.15) is 0 Å². The molecular weight excluding hydrogens is 130 g/mol. The fourth-order valence-corrected chi connectivity index (χ4v) is 0.607. The molecule has 0 aliphatic carbocycles. The van der Waals surface area contributed by atoms with E-state index in [4.69, 9.17) is 9.63 Å². The van der Waals surface area contributed by atoms with Crippen molar-refractivity contribution < 1.29 is 9.63 Å². The number of nitrogens with zero attached hydrogens (tertiary/aromatic N) is 1. The summed E-state index contributed by atoms with van der Waals surface area (Å²) in [5, 5.41) is 12.1. The molecule has 1 heterocycles. The van der Waals surface area contributed by atoms with Gasteiger partial charge in [-0.15, -0.1) is 0 Å². The van der Waals surface area contributed by atoms with Gasteiger partial charge in [0.25, 0.3) is 5.88 Å². The van der Waals surface area contributed by atoms with Crippen LogP contribution in [0.2, 0.25) is 0 Å². The molecule has 10 heavy (non-hydrogen) atoms. The van der Waals surface area contributed by atoms with Crippen LogP contribution in [0.15, 0.2) is 17.2 Å². The van der Waals surface area contributed by atoms with Gasteiger partial charge in [-0.3, -0.25) is 0 Å². The number of allylic oxidation sites excluding steroid dienone is 1. The lowest BCUT2D eigenvalue weighted by molar-refractivity contribution is 0.354. The highest BCUT2D eigenvalue weighted by Crippen LogP contribution is 2.18. The molecule has 0 saturated heterocycles. The van der Waals surface area contributed by atoms with Gasteiger partial charge in [-0.1, -0.05) is 13.5 Å². The molecule has 0 amide bonds. The van der Waals surface area contributed by atoms with E-state index in [-0.39, 0.29) is 5.88 Å². The molecule has 0 spiro atoms. The summed E-state index contributed by atoms with van der Waals surface area (Å²) in [6, 6.07) is 1.45. The Hall–Kier alpha value is -1.25. The second-order valence-electron chi connectivity index (χ2n) is 2.01. The highest BCUT2D eigenvalue weighted by Gasteiger charge is 2.03. The van der Waals surface area contributed by atoms with E-state index in [2.05, 4.69) is 11.7 Å². The van der Waals surface area contributed by atoms with Crippen molar-refractivity contribution in [3.63, 3.8) is 0 Å². The molecule has 0 radical (unpaired) electrons. The molecule has 0 unspecified atom stereocenters. The van der Waals surface area contributed by atoms with Crippen LogP contribution in [0.3, 0.4) is 0 Å². The zero-order chi connectivity index (χ0) is 7.56. The third kappa shape index (κ3) is 1.18. The standard InChI is InChI=1S/C7H9NO2/c1-3-5(2)6-4-7(9)8-10-6/h4H,2-3H2,1H3,(H,8,9). The molecule has 0 bridgehead atoms. The molecule has 1 N–H and O–H groups in total. The lowest BCUT2D eigenvalue weighted by Crippen LogP contribution is -1.73. The van der Waals surface area contributed by atoms with Crippen LogP contribution in [0.4, 0.5) is 0 Å². The number of aromatic nitrogens is 1. The normalized spacial score (nSPS) is 9.70. The Morgan fingerprint density at radius 1 is 1.90 bits per heavy atom. The molecule has 1 rings (SSSR count). The fraction of sp³-hybridized carbons (Fsp3) is 0.286. The van der Waals surface area contributed by atoms with E-state index in [1.807, 2.05) is 6.92 Å². The van der Waals surface area contributed by atoms with Crippen molar-refractivity contribution in [1.82, 2.24) is 5.16 Å². The molecule has 3 nitrogen and oxygen atoms in total. The van der Waals surface area contributed by atoms with E-state index in [1.54, 1.807) is 0 Å². The smallest absolute Gasteiger partial charge is 0.252 e. The molecule has 0 aliphatic heterocycles. The maximum Gasteiger partial charge on any atom is 0.252 e. The first-order valence-corrected chi connectivity index (χ1v) is 3.08. The highest BCUT2D eigenvalue weighted by atomic mass is 16.5. The Morgan fingerprint density at radius 2 is 2.60 bits per heavy atom. The van der Waals surface area contributed by atoms with Gasteiger partial charge in [0.05, 0.1) is 0 Å². The number of aromatic hydroxyl groups is 1. The summed E-state index contributed by atoms with van der Waals surface area (Å²) in [7, 11) is 0. The Balaban J connectivity index is 2.85. The van der Waals surface area contributed by atoms with Crippen molar-refractivity contribution in [3.05, 3.63) is 18.4 Å². The Kier molecular flexibility index (Phi) is 1.76. The van der Waals surface area contributed by atoms with Gasteiger partial charge in [-0.2, -0.15) is 0 Å². The molecule has 54 valence electrons. The minimum absolute atomic E-state index is 0.0930. The van der Waals surface area contributed by atoms with E-state index in [0.717, 1.165) is 12.0 Å². The predicted octanol–water partition coefficient (Wildman–Crippen LogP) is 1.80. The van der Waals surface area contributed by atoms with Gasteiger partial charge in [-0.25, -0.2) is 0 Å². The summed E-state index contributed by atoms with van der Waals surface area (Å²) in [6.45, 7) is 5.67. The second-order valence-corrected chi connectivity index (χ2v) is 2.01. The van der Waals surface area contributed by atoms with E-state index >= 15 is 0 Å². The maximum atomic E-state index is 8.75. The maximum absolute atomic E-state index is 8.75. The van der Waals surface area contributed by atoms with Crippen molar-refractivity contribution >= 4 is 5.57 Å². The Morgan fingerprint density at radius 3 is 3.00 bits per heavy atom. The van der Waals surface area contributed by atoms with Crippen molar-refractivity contribution in [1.29, 1.82) is 0 Å². The summed E-state index contributed by atoms with van der Waals surface area (Å²) in [5.41, 5.74) is 0.841. The SMILES string of the molecule is C=C(CC)c1cc(O)no1. The lowest BCUT2D eigenvalue weighted by atomic mass is 10.2. The molecular formula is C7H9NO2. The Bertz CT molecular complexity index is 240. The minimum atomic E-state index is -0.0930. The van der Waals surface area contributed by atoms with Crippen LogP contribution in [0.25, 0.3) is 5.57 Å². The predicted molar refractivity (Wildman–Crippen MR) is 37.5 cm³/mol. The van der Waals surface area contributed by atoms with Crippen LogP contribution in [0, 0.1) is 0 Å². The number of rotatable bonds is 2. The summed E-state index contributed by atoms with van der Waals surface area (Å²) in [4.78, 5) is 0. The van der Waals surface area contributed by atoms with Gasteiger partial charge in [-0.05, 0) is 17.2 Å². The van der Waals surface area contributed by atoms with Crippen molar-refractivity contribution in [2.24, 2.45) is 0 Å². The topological polar surface area (TPSA) is 46.3 Å². The monoisotopic (exact) mass is 139 g/mol. The third-order valence-corrected chi connectivity index (χ3v) is 1.27. The lowest BCUT2D eigenvalue weighted by Gasteiger charge is -1.90. The van der Waals surface area contributed by atoms with Crippen LogP contribution in [0.5, 0.6) is 5.88 Å². The van der Waals surface area contributed by atoms with Crippen LogP contribution >= 0.6 is 0 Å². The molecule has 0 fully saturated rings. The molecule has 0 atom stereocenters. The quantitative estimate of drug-likeness (QED) is 0.679. The fourth-order valence-electron chi connectivity index (χ4n) is 0.607.